The van der Waals surface area contributed by atoms with E-state index in [1.165, 1.54) is 47.8 Å². The minimum absolute atomic E-state index is 0.723. The normalized spacial score (nSPS) is 29.6. The van der Waals surface area contributed by atoms with Crippen molar-refractivity contribution in [2.75, 3.05) is 11.4 Å². The van der Waals surface area contributed by atoms with Gasteiger partial charge in [-0.2, -0.15) is 0 Å². The number of hydrogen-bond donors (Lipinski definition) is 1. The molecule has 2 aliphatic heterocycles. The van der Waals surface area contributed by atoms with Crippen LogP contribution < -0.4 is 10.2 Å². The van der Waals surface area contributed by atoms with E-state index in [9.17, 15) is 0 Å². The van der Waals surface area contributed by atoms with E-state index < -0.39 is 0 Å². The Hall–Kier alpha value is -0.540. The molecule has 2 bridgehead atoms. The van der Waals surface area contributed by atoms with Crippen LogP contribution in [0.4, 0.5) is 5.69 Å². The van der Waals surface area contributed by atoms with Crippen LogP contribution in [0.3, 0.4) is 0 Å². The summed E-state index contributed by atoms with van der Waals surface area (Å²) in [5, 5.41) is 3.67. The molecule has 2 nitrogen and oxygen atoms in total. The summed E-state index contributed by atoms with van der Waals surface area (Å²) in [6, 6.07) is 9.03. The summed E-state index contributed by atoms with van der Waals surface area (Å²) in [5.74, 6) is 0. The number of benzene rings is 1. The van der Waals surface area contributed by atoms with E-state index >= 15 is 0 Å². The molecule has 20 heavy (non-hydrogen) atoms. The number of hydrogen-bond acceptors (Lipinski definition) is 2. The molecule has 2 heterocycles. The molecule has 0 saturated carbocycles. The van der Waals surface area contributed by atoms with Crippen LogP contribution in [0.1, 0.15) is 44.6 Å². The molecule has 1 aromatic rings. The second-order valence-corrected chi connectivity index (χ2v) is 7.16. The Morgan fingerprint density at radius 3 is 2.55 bits per heavy atom. The number of aryl methyl sites for hydroxylation is 1. The Kier molecular flexibility index (Phi) is 4.37. The summed E-state index contributed by atoms with van der Waals surface area (Å²) in [7, 11) is 0. The summed E-state index contributed by atoms with van der Waals surface area (Å²) >= 11 is 3.69. The van der Waals surface area contributed by atoms with E-state index in [1.807, 2.05) is 0 Å². The highest BCUT2D eigenvalue weighted by Gasteiger charge is 2.38. The molecule has 2 aliphatic rings. The van der Waals surface area contributed by atoms with Crippen LogP contribution in [0.25, 0.3) is 0 Å². The van der Waals surface area contributed by atoms with Gasteiger partial charge in [-0.3, -0.25) is 0 Å². The number of halogens is 1. The van der Waals surface area contributed by atoms with Crippen molar-refractivity contribution in [3.63, 3.8) is 0 Å². The van der Waals surface area contributed by atoms with E-state index in [2.05, 4.69) is 58.2 Å². The Balaban J connectivity index is 1.84. The third-order valence-corrected chi connectivity index (χ3v) is 5.78. The van der Waals surface area contributed by atoms with Crippen molar-refractivity contribution in [2.24, 2.45) is 0 Å². The maximum Gasteiger partial charge on any atom is 0.0382 e. The fourth-order valence-corrected chi connectivity index (χ4v) is 4.37. The first-order chi connectivity index (χ1) is 9.69. The smallest absolute Gasteiger partial charge is 0.0382 e. The molecule has 2 saturated heterocycles. The van der Waals surface area contributed by atoms with Crippen molar-refractivity contribution in [1.82, 2.24) is 5.32 Å². The second kappa shape index (κ2) is 6.07. The predicted octanol–water partition coefficient (Wildman–Crippen LogP) is 4.26. The molecule has 0 aromatic heterocycles. The van der Waals surface area contributed by atoms with Gasteiger partial charge in [-0.1, -0.05) is 28.9 Å². The maximum absolute atomic E-state index is 3.69. The third kappa shape index (κ3) is 2.75. The van der Waals surface area contributed by atoms with Gasteiger partial charge in [0.1, 0.15) is 0 Å². The van der Waals surface area contributed by atoms with E-state index in [0.717, 1.165) is 24.7 Å². The summed E-state index contributed by atoms with van der Waals surface area (Å²) in [6.45, 7) is 5.48. The summed E-state index contributed by atoms with van der Waals surface area (Å²) in [6.07, 6.45) is 6.71. The second-order valence-electron chi connectivity index (χ2n) is 6.31. The van der Waals surface area contributed by atoms with Crippen LogP contribution in [0.5, 0.6) is 0 Å². The Bertz CT molecular complexity index is 460. The quantitative estimate of drug-likeness (QED) is 0.887. The first-order valence-corrected chi connectivity index (χ1v) is 8.76. The zero-order chi connectivity index (χ0) is 14.1. The SMILES string of the molecule is CCNC1CC2CCCC(C1)N2c1ccc(C)c(Br)c1. The number of nitrogens with one attached hydrogen (secondary N) is 1. The zero-order valence-corrected chi connectivity index (χ0v) is 14.1. The highest BCUT2D eigenvalue weighted by molar-refractivity contribution is 9.10. The lowest BCUT2D eigenvalue weighted by Crippen LogP contribution is -2.56. The molecule has 2 unspecified atom stereocenters. The molecule has 110 valence electrons. The first-order valence-electron chi connectivity index (χ1n) is 7.97. The third-order valence-electron chi connectivity index (χ3n) is 4.92. The number of piperidine rings is 2. The van der Waals surface area contributed by atoms with Crippen LogP contribution in [0.15, 0.2) is 22.7 Å². The standard InChI is InChI=1S/C17H25BrN2/c1-3-19-13-9-14-5-4-6-15(10-13)20(14)16-8-7-12(2)17(18)11-16/h7-8,11,13-15,19H,3-6,9-10H2,1-2H3. The van der Waals surface area contributed by atoms with Crippen molar-refractivity contribution < 1.29 is 0 Å². The van der Waals surface area contributed by atoms with Crippen LogP contribution in [0, 0.1) is 6.92 Å². The summed E-state index contributed by atoms with van der Waals surface area (Å²) in [4.78, 5) is 2.71. The van der Waals surface area contributed by atoms with Gasteiger partial charge in [0, 0.05) is 28.3 Å². The number of nitrogens with zero attached hydrogens (tertiary/aromatic N) is 1. The van der Waals surface area contributed by atoms with Crippen LogP contribution >= 0.6 is 15.9 Å². The van der Waals surface area contributed by atoms with Gasteiger partial charge >= 0.3 is 0 Å². The van der Waals surface area contributed by atoms with Crippen molar-refractivity contribution in [3.05, 3.63) is 28.2 Å². The Labute approximate surface area is 131 Å². The van der Waals surface area contributed by atoms with Gasteiger partial charge in [-0.25, -0.2) is 0 Å². The Morgan fingerprint density at radius 2 is 1.95 bits per heavy atom. The minimum atomic E-state index is 0.723. The van der Waals surface area contributed by atoms with Crippen LogP contribution in [0.2, 0.25) is 0 Å². The summed E-state index contributed by atoms with van der Waals surface area (Å²) < 4.78 is 1.24. The van der Waals surface area contributed by atoms with E-state index in [1.54, 1.807) is 0 Å². The van der Waals surface area contributed by atoms with Gasteiger partial charge < -0.3 is 10.2 Å². The number of fused-ring (bicyclic) bond motifs is 2. The molecular weight excluding hydrogens is 312 g/mol. The highest BCUT2D eigenvalue weighted by Crippen LogP contribution is 2.38. The van der Waals surface area contributed by atoms with Crippen molar-refractivity contribution in [1.29, 1.82) is 0 Å². The van der Waals surface area contributed by atoms with Gasteiger partial charge in [0.2, 0.25) is 0 Å². The van der Waals surface area contributed by atoms with Crippen LogP contribution in [-0.2, 0) is 0 Å². The molecular formula is C17H25BrN2. The zero-order valence-electron chi connectivity index (χ0n) is 12.5. The molecule has 0 radical (unpaired) electrons. The van der Waals surface area contributed by atoms with E-state index in [0.29, 0.717) is 0 Å². The van der Waals surface area contributed by atoms with E-state index in [4.69, 9.17) is 0 Å². The van der Waals surface area contributed by atoms with Crippen molar-refractivity contribution in [2.45, 2.75) is 64.1 Å². The molecule has 2 atom stereocenters. The van der Waals surface area contributed by atoms with Crippen LogP contribution in [-0.4, -0.2) is 24.7 Å². The largest absolute Gasteiger partial charge is 0.365 e. The fourth-order valence-electron chi connectivity index (χ4n) is 4.00. The van der Waals surface area contributed by atoms with Crippen molar-refractivity contribution >= 4 is 21.6 Å². The fraction of sp³-hybridized carbons (Fsp3) is 0.647. The monoisotopic (exact) mass is 336 g/mol. The highest BCUT2D eigenvalue weighted by atomic mass is 79.9. The van der Waals surface area contributed by atoms with Gasteiger partial charge in [0.05, 0.1) is 0 Å². The summed E-state index contributed by atoms with van der Waals surface area (Å²) in [5.41, 5.74) is 2.73. The van der Waals surface area contributed by atoms with Crippen molar-refractivity contribution in [3.8, 4) is 0 Å². The van der Waals surface area contributed by atoms with Gasteiger partial charge in [0.15, 0.2) is 0 Å². The average molecular weight is 337 g/mol. The molecule has 1 aromatic carbocycles. The molecule has 3 heteroatoms. The molecule has 2 fully saturated rings. The first kappa shape index (κ1) is 14.4. The molecule has 1 N–H and O–H groups in total. The molecule has 0 spiro atoms. The maximum atomic E-state index is 3.69. The topological polar surface area (TPSA) is 15.3 Å². The predicted molar refractivity (Wildman–Crippen MR) is 89.5 cm³/mol. The van der Waals surface area contributed by atoms with Gasteiger partial charge in [-0.15, -0.1) is 0 Å². The average Bonchev–Trinajstić information content (AvgIpc) is 2.41. The Morgan fingerprint density at radius 1 is 1.25 bits per heavy atom. The molecule has 0 amide bonds. The number of anilines is 1. The minimum Gasteiger partial charge on any atom is -0.365 e. The lowest BCUT2D eigenvalue weighted by atomic mass is 9.81. The molecule has 3 rings (SSSR count). The van der Waals surface area contributed by atoms with E-state index in [-0.39, 0.29) is 0 Å². The molecule has 0 aliphatic carbocycles. The van der Waals surface area contributed by atoms with Gasteiger partial charge in [-0.05, 0) is 63.3 Å². The lowest BCUT2D eigenvalue weighted by Gasteiger charge is -2.50. The van der Waals surface area contributed by atoms with Gasteiger partial charge in [0.25, 0.3) is 0 Å². The lowest BCUT2D eigenvalue weighted by molar-refractivity contribution is 0.247. The number of rotatable bonds is 3.